The molecule has 3 rings (SSSR count). The van der Waals surface area contributed by atoms with Crippen LogP contribution in [0.1, 0.15) is 38.5 Å². The van der Waals surface area contributed by atoms with Gasteiger partial charge >= 0.3 is 0 Å². The molecular formula is C13H22N2O2. The van der Waals surface area contributed by atoms with Crippen LogP contribution in [0.15, 0.2) is 0 Å². The molecule has 2 heterocycles. The highest BCUT2D eigenvalue weighted by molar-refractivity contribution is 5.78. The summed E-state index contributed by atoms with van der Waals surface area (Å²) in [5, 5.41) is 3.42. The maximum absolute atomic E-state index is 11.9. The predicted molar refractivity (Wildman–Crippen MR) is 64.8 cm³/mol. The Labute approximate surface area is 103 Å². The van der Waals surface area contributed by atoms with Gasteiger partial charge in [-0.15, -0.1) is 0 Å². The Morgan fingerprint density at radius 1 is 1.24 bits per heavy atom. The number of carbonyl (C=O) groups is 1. The second-order valence-electron chi connectivity index (χ2n) is 5.68. The lowest BCUT2D eigenvalue weighted by Crippen LogP contribution is -2.59. The Kier molecular flexibility index (Phi) is 3.09. The zero-order valence-electron chi connectivity index (χ0n) is 10.4. The van der Waals surface area contributed by atoms with Crippen LogP contribution in [-0.4, -0.2) is 48.7 Å². The second-order valence-corrected chi connectivity index (χ2v) is 5.68. The summed E-state index contributed by atoms with van der Waals surface area (Å²) in [6.45, 7) is 3.24. The highest BCUT2D eigenvalue weighted by Crippen LogP contribution is 2.34. The molecule has 1 aliphatic carbocycles. The lowest BCUT2D eigenvalue weighted by molar-refractivity contribution is -0.172. The molecule has 1 atom stereocenters. The third-order valence-corrected chi connectivity index (χ3v) is 4.54. The Bertz CT molecular complexity index is 294. The molecule has 2 aliphatic heterocycles. The van der Waals surface area contributed by atoms with Gasteiger partial charge in [0.1, 0.15) is 6.61 Å². The van der Waals surface area contributed by atoms with Gasteiger partial charge in [0.2, 0.25) is 5.91 Å². The molecular weight excluding hydrogens is 216 g/mol. The van der Waals surface area contributed by atoms with Crippen molar-refractivity contribution in [3.8, 4) is 0 Å². The predicted octanol–water partition coefficient (Wildman–Crippen LogP) is 0.910. The first kappa shape index (κ1) is 11.5. The first-order valence-electron chi connectivity index (χ1n) is 6.93. The van der Waals surface area contributed by atoms with Crippen molar-refractivity contribution >= 4 is 5.91 Å². The first-order valence-corrected chi connectivity index (χ1v) is 6.93. The summed E-state index contributed by atoms with van der Waals surface area (Å²) in [6.07, 6.45) is 6.97. The monoisotopic (exact) mass is 238 g/mol. The summed E-state index contributed by atoms with van der Waals surface area (Å²) in [7, 11) is 0. The van der Waals surface area contributed by atoms with E-state index in [1.165, 1.54) is 19.3 Å². The Morgan fingerprint density at radius 3 is 2.88 bits per heavy atom. The van der Waals surface area contributed by atoms with Crippen molar-refractivity contribution in [3.63, 3.8) is 0 Å². The molecule has 1 spiro atoms. The number of nitrogens with one attached hydrogen (secondary N) is 1. The van der Waals surface area contributed by atoms with Crippen molar-refractivity contribution in [3.05, 3.63) is 0 Å². The summed E-state index contributed by atoms with van der Waals surface area (Å²) in [5.74, 6) is 0.206. The normalized spacial score (nSPS) is 35.8. The van der Waals surface area contributed by atoms with E-state index in [4.69, 9.17) is 4.74 Å². The summed E-state index contributed by atoms with van der Waals surface area (Å²) in [6, 6.07) is 0.513. The fourth-order valence-electron chi connectivity index (χ4n) is 3.18. The van der Waals surface area contributed by atoms with Crippen molar-refractivity contribution in [1.82, 2.24) is 10.2 Å². The molecule has 0 aromatic heterocycles. The number of nitrogens with zero attached hydrogens (tertiary/aromatic N) is 1. The van der Waals surface area contributed by atoms with Crippen molar-refractivity contribution < 1.29 is 9.53 Å². The molecule has 96 valence electrons. The van der Waals surface area contributed by atoms with Crippen LogP contribution >= 0.6 is 0 Å². The van der Waals surface area contributed by atoms with Crippen LogP contribution in [0.25, 0.3) is 0 Å². The molecule has 0 aromatic rings. The van der Waals surface area contributed by atoms with Gasteiger partial charge in [0, 0.05) is 6.04 Å². The SMILES string of the molecule is O=C1COC2(CCCNCC2)CN1C1CCC1. The Morgan fingerprint density at radius 2 is 2.12 bits per heavy atom. The van der Waals surface area contributed by atoms with Gasteiger partial charge in [-0.2, -0.15) is 0 Å². The maximum atomic E-state index is 11.9. The number of rotatable bonds is 1. The largest absolute Gasteiger partial charge is 0.363 e. The number of hydrogen-bond donors (Lipinski definition) is 1. The fourth-order valence-corrected chi connectivity index (χ4v) is 3.18. The minimum atomic E-state index is -0.0486. The number of amides is 1. The zero-order chi connectivity index (χ0) is 11.7. The van der Waals surface area contributed by atoms with Gasteiger partial charge < -0.3 is 15.0 Å². The van der Waals surface area contributed by atoms with E-state index in [9.17, 15) is 4.79 Å². The average molecular weight is 238 g/mol. The van der Waals surface area contributed by atoms with Crippen molar-refractivity contribution in [2.24, 2.45) is 0 Å². The van der Waals surface area contributed by atoms with Crippen LogP contribution in [-0.2, 0) is 9.53 Å². The highest BCUT2D eigenvalue weighted by atomic mass is 16.5. The molecule has 4 nitrogen and oxygen atoms in total. The van der Waals surface area contributed by atoms with Crippen molar-refractivity contribution in [2.45, 2.75) is 50.2 Å². The van der Waals surface area contributed by atoms with Gasteiger partial charge in [-0.05, 0) is 51.6 Å². The molecule has 2 saturated heterocycles. The molecule has 1 unspecified atom stereocenters. The number of ether oxygens (including phenoxy) is 1. The van der Waals surface area contributed by atoms with Gasteiger partial charge in [-0.25, -0.2) is 0 Å². The van der Waals surface area contributed by atoms with E-state index in [1.807, 2.05) is 0 Å². The minimum absolute atomic E-state index is 0.0486. The quantitative estimate of drug-likeness (QED) is 0.738. The minimum Gasteiger partial charge on any atom is -0.363 e. The highest BCUT2D eigenvalue weighted by Gasteiger charge is 2.43. The number of morpholine rings is 1. The van der Waals surface area contributed by atoms with E-state index in [0.717, 1.165) is 38.9 Å². The van der Waals surface area contributed by atoms with Gasteiger partial charge in [0.25, 0.3) is 0 Å². The molecule has 0 radical (unpaired) electrons. The van der Waals surface area contributed by atoms with E-state index in [1.54, 1.807) is 0 Å². The molecule has 4 heteroatoms. The van der Waals surface area contributed by atoms with Crippen LogP contribution in [0.5, 0.6) is 0 Å². The third kappa shape index (κ3) is 2.20. The topological polar surface area (TPSA) is 41.6 Å². The molecule has 3 aliphatic rings. The molecule has 17 heavy (non-hydrogen) atoms. The van der Waals surface area contributed by atoms with Crippen LogP contribution < -0.4 is 5.32 Å². The summed E-state index contributed by atoms with van der Waals surface area (Å²) in [5.41, 5.74) is -0.0486. The third-order valence-electron chi connectivity index (χ3n) is 4.54. The Balaban J connectivity index is 1.71. The van der Waals surface area contributed by atoms with Gasteiger partial charge in [-0.3, -0.25) is 4.79 Å². The van der Waals surface area contributed by atoms with E-state index in [2.05, 4.69) is 10.2 Å². The average Bonchev–Trinajstić information content (AvgIpc) is 2.48. The Hall–Kier alpha value is -0.610. The maximum Gasteiger partial charge on any atom is 0.248 e. The number of carbonyl (C=O) groups excluding carboxylic acids is 1. The molecule has 1 amide bonds. The van der Waals surface area contributed by atoms with Gasteiger partial charge in [-0.1, -0.05) is 0 Å². The molecule has 1 saturated carbocycles. The fraction of sp³-hybridized carbons (Fsp3) is 0.923. The number of hydrogen-bond acceptors (Lipinski definition) is 3. The molecule has 1 N–H and O–H groups in total. The molecule has 3 fully saturated rings. The van der Waals surface area contributed by atoms with E-state index in [-0.39, 0.29) is 11.5 Å². The van der Waals surface area contributed by atoms with Crippen LogP contribution in [0.3, 0.4) is 0 Å². The van der Waals surface area contributed by atoms with Gasteiger partial charge in [0.05, 0.1) is 12.1 Å². The van der Waals surface area contributed by atoms with Crippen molar-refractivity contribution in [1.29, 1.82) is 0 Å². The summed E-state index contributed by atoms with van der Waals surface area (Å²) >= 11 is 0. The van der Waals surface area contributed by atoms with E-state index in [0.29, 0.717) is 12.6 Å². The first-order chi connectivity index (χ1) is 8.29. The van der Waals surface area contributed by atoms with E-state index < -0.39 is 0 Å². The molecule has 0 aromatic carbocycles. The summed E-state index contributed by atoms with van der Waals surface area (Å²) in [4.78, 5) is 14.0. The zero-order valence-corrected chi connectivity index (χ0v) is 10.4. The lowest BCUT2D eigenvalue weighted by atomic mass is 9.87. The summed E-state index contributed by atoms with van der Waals surface area (Å²) < 4.78 is 5.92. The van der Waals surface area contributed by atoms with Crippen LogP contribution in [0, 0.1) is 0 Å². The van der Waals surface area contributed by atoms with Gasteiger partial charge in [0.15, 0.2) is 0 Å². The lowest BCUT2D eigenvalue weighted by Gasteiger charge is -2.47. The van der Waals surface area contributed by atoms with E-state index >= 15 is 0 Å². The van der Waals surface area contributed by atoms with Crippen molar-refractivity contribution in [2.75, 3.05) is 26.2 Å². The smallest absolute Gasteiger partial charge is 0.248 e. The van der Waals surface area contributed by atoms with Crippen LogP contribution in [0.4, 0.5) is 0 Å². The molecule has 0 bridgehead atoms. The second kappa shape index (κ2) is 4.58. The van der Waals surface area contributed by atoms with Crippen LogP contribution in [0.2, 0.25) is 0 Å². The standard InChI is InChI=1S/C13H22N2O2/c16-12-9-17-13(5-2-7-14-8-6-13)10-15(12)11-3-1-4-11/h11,14H,1-10H2.